The Kier molecular flexibility index (Phi) is 5.91. The van der Waals surface area contributed by atoms with Crippen LogP contribution in [0.15, 0.2) is 24.3 Å². The third-order valence-electron chi connectivity index (χ3n) is 5.19. The molecular formula is C19H28N4O2. The van der Waals surface area contributed by atoms with Crippen molar-refractivity contribution in [1.29, 1.82) is 0 Å². The lowest BCUT2D eigenvalue weighted by molar-refractivity contribution is -0.123. The van der Waals surface area contributed by atoms with Gasteiger partial charge in [0.05, 0.1) is 12.1 Å². The molecule has 0 atom stereocenters. The molecule has 2 fully saturated rings. The third kappa shape index (κ3) is 4.72. The summed E-state index contributed by atoms with van der Waals surface area (Å²) in [5.74, 6) is 0.0865. The minimum absolute atomic E-state index is 0.0237. The monoisotopic (exact) mass is 344 g/mol. The van der Waals surface area contributed by atoms with Crippen LogP contribution in [0.1, 0.15) is 42.5 Å². The van der Waals surface area contributed by atoms with E-state index in [2.05, 4.69) is 10.2 Å². The molecule has 2 amide bonds. The highest BCUT2D eigenvalue weighted by atomic mass is 16.2. The van der Waals surface area contributed by atoms with E-state index in [0.717, 1.165) is 25.9 Å². The van der Waals surface area contributed by atoms with Crippen LogP contribution < -0.4 is 11.1 Å². The van der Waals surface area contributed by atoms with Gasteiger partial charge in [0.15, 0.2) is 0 Å². The fraction of sp³-hybridized carbons (Fsp3) is 0.579. The summed E-state index contributed by atoms with van der Waals surface area (Å²) in [6, 6.07) is 7.52. The minimum Gasteiger partial charge on any atom is -0.398 e. The van der Waals surface area contributed by atoms with Crippen molar-refractivity contribution >= 4 is 17.5 Å². The highest BCUT2D eigenvalue weighted by molar-refractivity contribution is 5.99. The first-order valence-electron chi connectivity index (χ1n) is 9.29. The van der Waals surface area contributed by atoms with Crippen molar-refractivity contribution in [2.75, 3.05) is 38.5 Å². The highest BCUT2D eigenvalue weighted by Crippen LogP contribution is 2.17. The predicted octanol–water partition coefficient (Wildman–Crippen LogP) is 1.48. The molecule has 1 aromatic carbocycles. The lowest BCUT2D eigenvalue weighted by Gasteiger charge is -2.35. The quantitative estimate of drug-likeness (QED) is 0.811. The van der Waals surface area contributed by atoms with Crippen molar-refractivity contribution in [3.8, 4) is 0 Å². The number of rotatable bonds is 4. The molecule has 1 aromatic rings. The van der Waals surface area contributed by atoms with Gasteiger partial charge in [0.2, 0.25) is 5.91 Å². The van der Waals surface area contributed by atoms with Gasteiger partial charge in [-0.3, -0.25) is 14.5 Å². The molecule has 6 nitrogen and oxygen atoms in total. The number of amides is 2. The number of nitrogens with two attached hydrogens (primary N) is 1. The molecule has 0 radical (unpaired) electrons. The van der Waals surface area contributed by atoms with Gasteiger partial charge in [0.25, 0.3) is 5.91 Å². The van der Waals surface area contributed by atoms with Gasteiger partial charge in [-0.15, -0.1) is 0 Å². The van der Waals surface area contributed by atoms with Crippen LogP contribution >= 0.6 is 0 Å². The van der Waals surface area contributed by atoms with Crippen molar-refractivity contribution in [1.82, 2.24) is 15.1 Å². The van der Waals surface area contributed by atoms with Gasteiger partial charge in [-0.2, -0.15) is 0 Å². The van der Waals surface area contributed by atoms with Gasteiger partial charge >= 0.3 is 0 Å². The second-order valence-corrected chi connectivity index (χ2v) is 7.06. The lowest BCUT2D eigenvalue weighted by Crippen LogP contribution is -2.52. The smallest absolute Gasteiger partial charge is 0.256 e. The largest absolute Gasteiger partial charge is 0.398 e. The van der Waals surface area contributed by atoms with Crippen LogP contribution in [0.25, 0.3) is 0 Å². The number of hydrogen-bond acceptors (Lipinski definition) is 4. The van der Waals surface area contributed by atoms with Gasteiger partial charge in [0.1, 0.15) is 0 Å². The van der Waals surface area contributed by atoms with E-state index in [-0.39, 0.29) is 11.8 Å². The second kappa shape index (κ2) is 8.34. The maximum atomic E-state index is 12.6. The molecule has 1 aliphatic heterocycles. The zero-order chi connectivity index (χ0) is 17.6. The number of nitrogen functional groups attached to an aromatic ring is 1. The van der Waals surface area contributed by atoms with E-state index >= 15 is 0 Å². The molecule has 1 saturated heterocycles. The van der Waals surface area contributed by atoms with Gasteiger partial charge in [-0.1, -0.05) is 31.4 Å². The molecule has 3 N–H and O–H groups in total. The molecule has 1 heterocycles. The van der Waals surface area contributed by atoms with Crippen molar-refractivity contribution < 1.29 is 9.59 Å². The number of para-hydroxylation sites is 1. The molecular weight excluding hydrogens is 316 g/mol. The maximum absolute atomic E-state index is 12.6. The number of anilines is 1. The van der Waals surface area contributed by atoms with Crippen LogP contribution in [0.3, 0.4) is 0 Å². The standard InChI is InChI=1S/C19H28N4O2/c20-17-9-5-4-8-16(17)19(25)23-12-10-22(11-13-23)14-18(24)21-15-6-2-1-3-7-15/h4-5,8-9,15H,1-3,6-7,10-14,20H2,(H,21,24). The molecule has 6 heteroatoms. The van der Waals surface area contributed by atoms with Crippen LogP contribution in [0.4, 0.5) is 5.69 Å². The molecule has 136 valence electrons. The van der Waals surface area contributed by atoms with Gasteiger partial charge in [-0.25, -0.2) is 0 Å². The molecule has 0 unspecified atom stereocenters. The number of nitrogens with zero attached hydrogens (tertiary/aromatic N) is 2. The summed E-state index contributed by atoms with van der Waals surface area (Å²) < 4.78 is 0. The van der Waals surface area contributed by atoms with E-state index in [1.165, 1.54) is 19.3 Å². The Morgan fingerprint density at radius 1 is 1.04 bits per heavy atom. The number of benzene rings is 1. The number of carbonyl (C=O) groups excluding carboxylic acids is 2. The van der Waals surface area contributed by atoms with E-state index in [1.54, 1.807) is 12.1 Å². The Labute approximate surface area is 149 Å². The van der Waals surface area contributed by atoms with E-state index in [0.29, 0.717) is 36.9 Å². The lowest BCUT2D eigenvalue weighted by atomic mass is 9.95. The summed E-state index contributed by atoms with van der Waals surface area (Å²) in [5.41, 5.74) is 6.98. The van der Waals surface area contributed by atoms with E-state index in [9.17, 15) is 9.59 Å². The van der Waals surface area contributed by atoms with Crippen LogP contribution in [-0.4, -0.2) is 60.4 Å². The van der Waals surface area contributed by atoms with Gasteiger partial charge < -0.3 is 16.0 Å². The number of piperazine rings is 1. The van der Waals surface area contributed by atoms with Gasteiger partial charge in [0, 0.05) is 37.9 Å². The molecule has 25 heavy (non-hydrogen) atoms. The summed E-state index contributed by atoms with van der Waals surface area (Å²) in [4.78, 5) is 28.7. The SMILES string of the molecule is Nc1ccccc1C(=O)N1CCN(CC(=O)NC2CCCCC2)CC1. The Balaban J connectivity index is 1.44. The Morgan fingerprint density at radius 2 is 1.72 bits per heavy atom. The molecule has 1 aliphatic carbocycles. The zero-order valence-corrected chi connectivity index (χ0v) is 14.7. The molecule has 0 spiro atoms. The van der Waals surface area contributed by atoms with Crippen LogP contribution in [0.2, 0.25) is 0 Å². The first-order valence-corrected chi connectivity index (χ1v) is 9.29. The van der Waals surface area contributed by atoms with Crippen LogP contribution in [0.5, 0.6) is 0 Å². The highest BCUT2D eigenvalue weighted by Gasteiger charge is 2.25. The fourth-order valence-corrected chi connectivity index (χ4v) is 3.69. The zero-order valence-electron chi connectivity index (χ0n) is 14.7. The Morgan fingerprint density at radius 3 is 2.40 bits per heavy atom. The molecule has 3 rings (SSSR count). The second-order valence-electron chi connectivity index (χ2n) is 7.06. The predicted molar refractivity (Wildman–Crippen MR) is 98.2 cm³/mol. The molecule has 0 aromatic heterocycles. The Hall–Kier alpha value is -2.08. The van der Waals surface area contributed by atoms with Crippen molar-refractivity contribution in [2.24, 2.45) is 0 Å². The number of nitrogens with one attached hydrogen (secondary N) is 1. The Bertz CT molecular complexity index is 605. The normalized spacial score (nSPS) is 19.6. The first-order chi connectivity index (χ1) is 12.1. The average molecular weight is 344 g/mol. The number of hydrogen-bond donors (Lipinski definition) is 2. The molecule has 1 saturated carbocycles. The van der Waals surface area contributed by atoms with Crippen molar-refractivity contribution in [2.45, 2.75) is 38.1 Å². The average Bonchev–Trinajstić information content (AvgIpc) is 2.63. The summed E-state index contributed by atoms with van der Waals surface area (Å²) >= 11 is 0. The summed E-state index contributed by atoms with van der Waals surface area (Å²) in [5, 5.41) is 3.16. The third-order valence-corrected chi connectivity index (χ3v) is 5.19. The van der Waals surface area contributed by atoms with E-state index in [4.69, 9.17) is 5.73 Å². The fourth-order valence-electron chi connectivity index (χ4n) is 3.69. The van der Waals surface area contributed by atoms with Crippen molar-refractivity contribution in [3.63, 3.8) is 0 Å². The molecule has 0 bridgehead atoms. The van der Waals surface area contributed by atoms with E-state index in [1.807, 2.05) is 17.0 Å². The number of carbonyl (C=O) groups is 2. The minimum atomic E-state index is -0.0237. The summed E-state index contributed by atoms with van der Waals surface area (Å²) in [6.45, 7) is 3.12. The van der Waals surface area contributed by atoms with E-state index < -0.39 is 0 Å². The first kappa shape index (κ1) is 17.7. The van der Waals surface area contributed by atoms with Gasteiger partial charge in [-0.05, 0) is 25.0 Å². The van der Waals surface area contributed by atoms with Crippen LogP contribution in [0, 0.1) is 0 Å². The van der Waals surface area contributed by atoms with Crippen molar-refractivity contribution in [3.05, 3.63) is 29.8 Å². The summed E-state index contributed by atoms with van der Waals surface area (Å²) in [6.07, 6.45) is 5.93. The maximum Gasteiger partial charge on any atom is 0.256 e. The topological polar surface area (TPSA) is 78.7 Å². The summed E-state index contributed by atoms with van der Waals surface area (Å²) in [7, 11) is 0. The van der Waals surface area contributed by atoms with Crippen LogP contribution in [-0.2, 0) is 4.79 Å². The molecule has 2 aliphatic rings.